The SMILES string of the molecule is C=C(C)C(=O)N1C2CCCCC2N(C)C2CCCCC21. The molecule has 4 unspecified atom stereocenters. The Bertz CT molecular complexity index is 382. The van der Waals surface area contributed by atoms with Gasteiger partial charge < -0.3 is 4.90 Å². The molecule has 1 amide bonds. The van der Waals surface area contributed by atoms with Crippen LogP contribution in [0.4, 0.5) is 0 Å². The fourth-order valence-corrected chi connectivity index (χ4v) is 4.80. The average Bonchev–Trinajstić information content (AvgIpc) is 2.47. The van der Waals surface area contributed by atoms with Crippen LogP contribution >= 0.6 is 0 Å². The van der Waals surface area contributed by atoms with Crippen molar-refractivity contribution in [1.82, 2.24) is 9.80 Å². The average molecular weight is 276 g/mol. The number of rotatable bonds is 1. The zero-order valence-electron chi connectivity index (χ0n) is 13.0. The van der Waals surface area contributed by atoms with E-state index in [1.807, 2.05) is 6.92 Å². The van der Waals surface area contributed by atoms with Crippen molar-refractivity contribution in [3.8, 4) is 0 Å². The number of hydrogen-bond donors (Lipinski definition) is 0. The Morgan fingerprint density at radius 2 is 1.30 bits per heavy atom. The fourth-order valence-electron chi connectivity index (χ4n) is 4.80. The lowest BCUT2D eigenvalue weighted by molar-refractivity contribution is -0.147. The Balaban J connectivity index is 1.94. The van der Waals surface area contributed by atoms with Gasteiger partial charge in [0.2, 0.25) is 5.91 Å². The van der Waals surface area contributed by atoms with Crippen molar-refractivity contribution in [3.63, 3.8) is 0 Å². The molecule has 3 nitrogen and oxygen atoms in total. The van der Waals surface area contributed by atoms with Crippen molar-refractivity contribution in [1.29, 1.82) is 0 Å². The molecular formula is C17H28N2O. The fraction of sp³-hybridized carbons (Fsp3) is 0.824. The van der Waals surface area contributed by atoms with Gasteiger partial charge >= 0.3 is 0 Å². The highest BCUT2D eigenvalue weighted by atomic mass is 16.2. The van der Waals surface area contributed by atoms with Gasteiger partial charge in [0.15, 0.2) is 0 Å². The molecule has 0 N–H and O–H groups in total. The third-order valence-corrected chi connectivity index (χ3v) is 5.75. The number of fused-ring (bicyclic) bond motifs is 2. The van der Waals surface area contributed by atoms with Gasteiger partial charge in [0.1, 0.15) is 0 Å². The third kappa shape index (κ3) is 2.20. The van der Waals surface area contributed by atoms with Crippen molar-refractivity contribution < 1.29 is 4.79 Å². The first-order valence-electron chi connectivity index (χ1n) is 8.31. The van der Waals surface area contributed by atoms with E-state index in [-0.39, 0.29) is 5.91 Å². The van der Waals surface area contributed by atoms with E-state index in [1.54, 1.807) is 0 Å². The maximum absolute atomic E-state index is 12.7. The number of likely N-dealkylation sites (N-methyl/N-ethyl adjacent to an activating group) is 1. The molecule has 3 rings (SSSR count). The molecule has 20 heavy (non-hydrogen) atoms. The molecule has 3 fully saturated rings. The van der Waals surface area contributed by atoms with E-state index in [4.69, 9.17) is 0 Å². The summed E-state index contributed by atoms with van der Waals surface area (Å²) in [5.74, 6) is 0.215. The lowest BCUT2D eigenvalue weighted by Gasteiger charge is -2.58. The summed E-state index contributed by atoms with van der Waals surface area (Å²) in [6.45, 7) is 5.79. The second kappa shape index (κ2) is 5.51. The van der Waals surface area contributed by atoms with E-state index in [2.05, 4.69) is 23.4 Å². The monoisotopic (exact) mass is 276 g/mol. The standard InChI is InChI=1S/C17H28N2O/c1-12(2)17(20)19-15-10-6-4-8-13(15)18(3)14-9-5-7-11-16(14)19/h13-16H,1,4-11H2,2-3H3. The van der Waals surface area contributed by atoms with Crippen LogP contribution in [0.3, 0.4) is 0 Å². The summed E-state index contributed by atoms with van der Waals surface area (Å²) in [4.78, 5) is 17.6. The molecule has 4 atom stereocenters. The molecule has 0 aromatic heterocycles. The second-order valence-electron chi connectivity index (χ2n) is 7.00. The van der Waals surface area contributed by atoms with Gasteiger partial charge in [-0.05, 0) is 39.7 Å². The minimum absolute atomic E-state index is 0.215. The summed E-state index contributed by atoms with van der Waals surface area (Å²) in [6.07, 6.45) is 10.0. The second-order valence-corrected chi connectivity index (χ2v) is 7.00. The van der Waals surface area contributed by atoms with Crippen molar-refractivity contribution in [3.05, 3.63) is 12.2 Å². The van der Waals surface area contributed by atoms with Gasteiger partial charge in [-0.1, -0.05) is 32.3 Å². The van der Waals surface area contributed by atoms with Crippen molar-refractivity contribution in [2.24, 2.45) is 0 Å². The molecule has 1 heterocycles. The number of amides is 1. The molecular weight excluding hydrogens is 248 g/mol. The summed E-state index contributed by atoms with van der Waals surface area (Å²) in [7, 11) is 2.30. The maximum Gasteiger partial charge on any atom is 0.249 e. The highest BCUT2D eigenvalue weighted by Crippen LogP contribution is 2.40. The minimum atomic E-state index is 0.215. The molecule has 2 saturated carbocycles. The van der Waals surface area contributed by atoms with Crippen molar-refractivity contribution >= 4 is 5.91 Å². The Labute approximate surface area is 123 Å². The largest absolute Gasteiger partial charge is 0.330 e. The number of piperazine rings is 1. The van der Waals surface area contributed by atoms with Gasteiger partial charge in [-0.3, -0.25) is 9.69 Å². The lowest BCUT2D eigenvalue weighted by Crippen LogP contribution is -2.70. The Morgan fingerprint density at radius 1 is 0.900 bits per heavy atom. The van der Waals surface area contributed by atoms with Crippen LogP contribution in [0.1, 0.15) is 58.3 Å². The van der Waals surface area contributed by atoms with E-state index in [0.29, 0.717) is 29.7 Å². The van der Waals surface area contributed by atoms with E-state index < -0.39 is 0 Å². The Morgan fingerprint density at radius 3 is 1.70 bits per heavy atom. The zero-order valence-corrected chi connectivity index (χ0v) is 13.0. The van der Waals surface area contributed by atoms with E-state index in [9.17, 15) is 4.79 Å². The minimum Gasteiger partial charge on any atom is -0.330 e. The van der Waals surface area contributed by atoms with Gasteiger partial charge in [-0.2, -0.15) is 0 Å². The summed E-state index contributed by atoms with van der Waals surface area (Å²) in [5.41, 5.74) is 0.711. The highest BCUT2D eigenvalue weighted by molar-refractivity contribution is 5.92. The molecule has 1 saturated heterocycles. The van der Waals surface area contributed by atoms with Crippen molar-refractivity contribution in [2.45, 2.75) is 82.5 Å². The van der Waals surface area contributed by atoms with Crippen LogP contribution in [0.15, 0.2) is 12.2 Å². The number of hydrogen-bond acceptors (Lipinski definition) is 2. The summed E-state index contributed by atoms with van der Waals surface area (Å²) in [6, 6.07) is 2.01. The highest BCUT2D eigenvalue weighted by Gasteiger charge is 2.48. The smallest absolute Gasteiger partial charge is 0.249 e. The van der Waals surface area contributed by atoms with E-state index in [1.165, 1.54) is 51.4 Å². The predicted molar refractivity (Wildman–Crippen MR) is 81.5 cm³/mol. The Kier molecular flexibility index (Phi) is 3.89. The topological polar surface area (TPSA) is 23.6 Å². The molecule has 0 bridgehead atoms. The third-order valence-electron chi connectivity index (χ3n) is 5.75. The van der Waals surface area contributed by atoms with Gasteiger partial charge in [0.25, 0.3) is 0 Å². The Hall–Kier alpha value is -0.830. The molecule has 0 aromatic rings. The lowest BCUT2D eigenvalue weighted by atomic mass is 9.77. The molecule has 3 aliphatic rings. The zero-order chi connectivity index (χ0) is 14.3. The molecule has 0 aromatic carbocycles. The number of nitrogens with zero attached hydrogens (tertiary/aromatic N) is 2. The van der Waals surface area contributed by atoms with Gasteiger partial charge in [0.05, 0.1) is 0 Å². The van der Waals surface area contributed by atoms with Crippen LogP contribution in [0.5, 0.6) is 0 Å². The molecule has 2 aliphatic carbocycles. The molecule has 0 radical (unpaired) electrons. The van der Waals surface area contributed by atoms with Crippen LogP contribution < -0.4 is 0 Å². The first-order valence-corrected chi connectivity index (χ1v) is 8.31. The molecule has 0 spiro atoms. The summed E-state index contributed by atoms with van der Waals surface area (Å²) >= 11 is 0. The number of carbonyl (C=O) groups excluding carboxylic acids is 1. The predicted octanol–water partition coefficient (Wildman–Crippen LogP) is 2.96. The van der Waals surface area contributed by atoms with Gasteiger partial charge in [-0.15, -0.1) is 0 Å². The first-order chi connectivity index (χ1) is 9.61. The van der Waals surface area contributed by atoms with Crippen LogP contribution in [0.25, 0.3) is 0 Å². The summed E-state index contributed by atoms with van der Waals surface area (Å²) < 4.78 is 0. The molecule has 1 aliphatic heterocycles. The van der Waals surface area contributed by atoms with Gasteiger partial charge in [0, 0.05) is 29.7 Å². The van der Waals surface area contributed by atoms with Crippen molar-refractivity contribution in [2.75, 3.05) is 7.05 Å². The first kappa shape index (κ1) is 14.1. The van der Waals surface area contributed by atoms with Crippen LogP contribution in [0.2, 0.25) is 0 Å². The quantitative estimate of drug-likeness (QED) is 0.687. The van der Waals surface area contributed by atoms with Crippen LogP contribution in [-0.4, -0.2) is 46.9 Å². The normalized spacial score (nSPS) is 38.0. The van der Waals surface area contributed by atoms with Crippen LogP contribution in [0, 0.1) is 0 Å². The number of carbonyl (C=O) groups is 1. The maximum atomic E-state index is 12.7. The van der Waals surface area contributed by atoms with Crippen LogP contribution in [-0.2, 0) is 4.79 Å². The van der Waals surface area contributed by atoms with E-state index in [0.717, 1.165) is 0 Å². The molecule has 112 valence electrons. The molecule has 3 heteroatoms. The summed E-state index contributed by atoms with van der Waals surface area (Å²) in [5, 5.41) is 0. The van der Waals surface area contributed by atoms with Gasteiger partial charge in [-0.25, -0.2) is 0 Å². The van der Waals surface area contributed by atoms with E-state index >= 15 is 0 Å².